The van der Waals surface area contributed by atoms with Crippen LogP contribution in [0.4, 0.5) is 48.6 Å². The van der Waals surface area contributed by atoms with Gasteiger partial charge in [-0.05, 0) is 301 Å². The zero-order valence-electron chi connectivity index (χ0n) is 53.0. The van der Waals surface area contributed by atoms with Crippen LogP contribution in [0.2, 0.25) is 0 Å². The van der Waals surface area contributed by atoms with Crippen molar-refractivity contribution in [3.8, 4) is 0 Å². The number of nitrogens with one attached hydrogen (secondary N) is 3. The van der Waals surface area contributed by atoms with Crippen molar-refractivity contribution >= 4 is 125 Å². The third kappa shape index (κ3) is 20.1. The molecule has 4 atom stereocenters. The van der Waals surface area contributed by atoms with Crippen LogP contribution in [0.1, 0.15) is 67.1 Å². The fourth-order valence-electron chi connectivity index (χ4n) is 11.2. The van der Waals surface area contributed by atoms with Gasteiger partial charge in [0.25, 0.3) is 17.7 Å². The molecule has 4 amide bonds. The number of likely N-dealkylation sites (N-methyl/N-ethyl adjacent to an activating group) is 4. The van der Waals surface area contributed by atoms with Gasteiger partial charge < -0.3 is 60.9 Å². The van der Waals surface area contributed by atoms with Crippen LogP contribution in [-0.4, -0.2) is 176 Å². The fourth-order valence-corrected chi connectivity index (χ4v) is 12.2. The van der Waals surface area contributed by atoms with Gasteiger partial charge in [0.15, 0.2) is 0 Å². The number of carbonyl (C=O) groups is 4. The van der Waals surface area contributed by atoms with Crippen molar-refractivity contribution in [2.45, 2.75) is 49.9 Å². The predicted octanol–water partition coefficient (Wildman–Crippen LogP) is 12.4. The second-order valence-corrected chi connectivity index (χ2v) is 27.4. The number of rotatable bonds is 15. The lowest BCUT2D eigenvalue weighted by atomic mass is 10.2. The molecule has 0 spiro atoms. The summed E-state index contributed by atoms with van der Waals surface area (Å²) in [5.41, 5.74) is 13.4. The lowest BCUT2D eigenvalue weighted by Crippen LogP contribution is -2.31. The first kappa shape index (κ1) is 70.1. The van der Waals surface area contributed by atoms with Crippen LogP contribution < -0.4 is 41.3 Å². The Morgan fingerprint density at radius 2 is 0.736 bits per heavy atom. The zero-order chi connectivity index (χ0) is 65.5. The van der Waals surface area contributed by atoms with E-state index in [0.717, 1.165) is 83.7 Å². The average molecular weight is 1530 g/mol. The number of hydrogen-bond acceptors (Lipinski definition) is 12. The molecule has 7 aromatic rings. The van der Waals surface area contributed by atoms with Crippen LogP contribution in [0.15, 0.2) is 162 Å². The van der Waals surface area contributed by atoms with Gasteiger partial charge in [0.05, 0.1) is 10.2 Å². The van der Waals surface area contributed by atoms with Crippen LogP contribution in [0.3, 0.4) is 0 Å². The molecule has 4 heterocycles. The van der Waals surface area contributed by atoms with Gasteiger partial charge in [-0.15, -0.1) is 0 Å². The molecule has 5 N–H and O–H groups in total. The highest BCUT2D eigenvalue weighted by Crippen LogP contribution is 2.30. The van der Waals surface area contributed by atoms with Crippen molar-refractivity contribution in [2.24, 2.45) is 5.73 Å². The Balaban J connectivity index is 0.000000158. The third-order valence-electron chi connectivity index (χ3n) is 17.0. The summed E-state index contributed by atoms with van der Waals surface area (Å²) in [5, 5.41) is 8.51. The Hall–Kier alpha value is -6.74. The molecular formula is C70H83BrF2I2N12O4. The minimum Gasteiger partial charge on any atom is -0.370 e. The number of anilines is 7. The highest BCUT2D eigenvalue weighted by Gasteiger charge is 2.28. The first-order valence-corrected chi connectivity index (χ1v) is 33.4. The monoisotopic (exact) mass is 1530 g/mol. The van der Waals surface area contributed by atoms with E-state index in [1.54, 1.807) is 42.5 Å². The number of nitrogens with zero attached hydrogens (tertiary/aromatic N) is 8. The number of carbonyl (C=O) groups excluding carboxylic acids is 4. The number of primary amides is 1. The molecule has 0 bridgehead atoms. The minimum absolute atomic E-state index is 0.0759. The summed E-state index contributed by atoms with van der Waals surface area (Å²) in [7, 11) is 16.8. The summed E-state index contributed by atoms with van der Waals surface area (Å²) in [4.78, 5) is 65.8. The van der Waals surface area contributed by atoms with Gasteiger partial charge in [-0.3, -0.25) is 19.2 Å². The maximum absolute atomic E-state index is 14.5. The molecular weight excluding hydrogens is 1440 g/mol. The van der Waals surface area contributed by atoms with Gasteiger partial charge in [0.2, 0.25) is 5.91 Å². The Morgan fingerprint density at radius 3 is 1.09 bits per heavy atom. The van der Waals surface area contributed by atoms with Crippen molar-refractivity contribution in [1.82, 2.24) is 19.6 Å². The van der Waals surface area contributed by atoms with Gasteiger partial charge in [-0.25, -0.2) is 8.78 Å². The number of halogens is 5. The Labute approximate surface area is 570 Å². The van der Waals surface area contributed by atoms with E-state index in [0.29, 0.717) is 62.4 Å². The smallest absolute Gasteiger partial charge is 0.255 e. The number of nitrogens with two attached hydrogens (primary N) is 1. The summed E-state index contributed by atoms with van der Waals surface area (Å²) < 4.78 is 30.6. The molecule has 0 saturated carbocycles. The lowest BCUT2D eigenvalue weighted by molar-refractivity contribution is 0.0995. The topological polar surface area (TPSA) is 156 Å². The predicted molar refractivity (Wildman–Crippen MR) is 388 cm³/mol. The van der Waals surface area contributed by atoms with E-state index in [1.165, 1.54) is 42.4 Å². The second-order valence-electron chi connectivity index (χ2n) is 24.1. The van der Waals surface area contributed by atoms with E-state index in [-0.39, 0.29) is 35.0 Å². The maximum atomic E-state index is 14.5. The first-order chi connectivity index (χ1) is 43.5. The van der Waals surface area contributed by atoms with Gasteiger partial charge in [0.1, 0.15) is 11.6 Å². The third-order valence-corrected chi connectivity index (χ3v) is 19.1. The molecule has 4 saturated heterocycles. The lowest BCUT2D eigenvalue weighted by Gasteiger charge is -2.22. The van der Waals surface area contributed by atoms with Crippen LogP contribution in [0, 0.1) is 18.8 Å². The Bertz CT molecular complexity index is 3550. The molecule has 7 aromatic carbocycles. The molecule has 0 aromatic heterocycles. The molecule has 482 valence electrons. The van der Waals surface area contributed by atoms with Gasteiger partial charge >= 0.3 is 0 Å². The second kappa shape index (κ2) is 33.2. The fraction of sp³-hybridized carbons (Fsp3) is 0.343. The largest absolute Gasteiger partial charge is 0.370 e. The van der Waals surface area contributed by atoms with Gasteiger partial charge in [-0.2, -0.15) is 0 Å². The van der Waals surface area contributed by atoms with Gasteiger partial charge in [-0.1, -0.05) is 0 Å². The summed E-state index contributed by atoms with van der Waals surface area (Å²) >= 11 is 7.50. The zero-order valence-corrected chi connectivity index (χ0v) is 58.9. The molecule has 4 fully saturated rings. The summed E-state index contributed by atoms with van der Waals surface area (Å²) in [6.45, 7) is 7.95. The molecule has 4 aliphatic rings. The Kier molecular flexibility index (Phi) is 25.6. The van der Waals surface area contributed by atoms with Crippen molar-refractivity contribution in [1.29, 1.82) is 0 Å². The Morgan fingerprint density at radius 1 is 0.418 bits per heavy atom. The molecule has 11 rings (SSSR count). The number of hydrogen-bond donors (Lipinski definition) is 4. The average Bonchev–Trinajstić information content (AvgIpc) is 2.39. The molecule has 4 aliphatic heterocycles. The van der Waals surface area contributed by atoms with E-state index >= 15 is 0 Å². The standard InChI is InChI=1S/C19H21BrFN3O.C19H21FIN3O.C19H22IN3O.C13H19N3O/c1-23(2)16-9-10-24(12-16)15-6-4-14(5-7-15)22-19(25)13-3-8-17(20)18(21)11-13;1-23(2)16-9-10-24(12-16)18-8-7-15(11-17(18)20)22-19(25)13-3-5-14(21)6-4-13;1-22(2)18-11-12-23(13-18)17-9-7-16(8-10-17)21-19(24)14-3-5-15(20)6-4-14;1-15(2)12-7-8-16(9-12)11-5-3-10(4-6-11)13(14)17/h2*3-8,11,16H,9-10,12H2,1-2H3,(H,22,25);3-10,18H,11-13H2,1-2H3,(H,21,24);3-6,12H,7-9H2,1-2H3,(H2,14,17)/t;16-;;/m.1../s1. The van der Waals surface area contributed by atoms with Crippen LogP contribution in [0.25, 0.3) is 0 Å². The van der Waals surface area contributed by atoms with Crippen molar-refractivity contribution < 1.29 is 28.0 Å². The van der Waals surface area contributed by atoms with E-state index in [9.17, 15) is 28.0 Å². The highest BCUT2D eigenvalue weighted by atomic mass is 127. The molecule has 21 heteroatoms. The molecule has 16 nitrogen and oxygen atoms in total. The molecule has 91 heavy (non-hydrogen) atoms. The minimum atomic E-state index is -0.451. The summed E-state index contributed by atoms with van der Waals surface area (Å²) in [5.74, 6) is -1.77. The molecule has 0 radical (unpaired) electrons. The number of amides is 4. The first-order valence-electron chi connectivity index (χ1n) is 30.4. The SMILES string of the molecule is CN(C)C1CCN(c2ccc(C(N)=O)cc2)C1.CN(C)C1CCN(c2ccc(NC(=O)c3ccc(Br)c(F)c3)cc2)C1.CN(C)C1CCN(c2ccc(NC(=O)c3ccc(I)cc3)cc2)C1.CN(C)[C@@H]1CCN(c2ccc(NC(=O)c3ccc(I)cc3)cc2F)C1. The summed E-state index contributed by atoms with van der Waals surface area (Å²) in [6, 6.07) is 49.7. The normalized spacial score (nSPS) is 17.7. The van der Waals surface area contributed by atoms with Crippen molar-refractivity contribution in [3.05, 3.63) is 203 Å². The maximum Gasteiger partial charge on any atom is 0.255 e. The quantitative estimate of drug-likeness (QED) is 0.0722. The van der Waals surface area contributed by atoms with Crippen LogP contribution in [0.5, 0.6) is 0 Å². The van der Waals surface area contributed by atoms with Crippen molar-refractivity contribution in [3.63, 3.8) is 0 Å². The van der Waals surface area contributed by atoms with Crippen LogP contribution in [-0.2, 0) is 0 Å². The van der Waals surface area contributed by atoms with E-state index in [1.807, 2.05) is 99.0 Å². The van der Waals surface area contributed by atoms with Crippen molar-refractivity contribution in [2.75, 3.05) is 144 Å². The highest BCUT2D eigenvalue weighted by molar-refractivity contribution is 14.1. The van der Waals surface area contributed by atoms with E-state index in [2.05, 4.69) is 171 Å². The van der Waals surface area contributed by atoms with Crippen LogP contribution >= 0.6 is 61.1 Å². The van der Waals surface area contributed by atoms with E-state index < -0.39 is 5.82 Å². The van der Waals surface area contributed by atoms with Gasteiger partial charge in [0, 0.05) is 140 Å². The van der Waals surface area contributed by atoms with E-state index in [4.69, 9.17) is 5.73 Å². The molecule has 0 aliphatic carbocycles. The molecule has 3 unspecified atom stereocenters. The number of benzene rings is 7. The summed E-state index contributed by atoms with van der Waals surface area (Å²) in [6.07, 6.45) is 4.56.